The van der Waals surface area contributed by atoms with E-state index in [1.807, 2.05) is 13.8 Å². The van der Waals surface area contributed by atoms with Crippen molar-refractivity contribution in [2.75, 3.05) is 0 Å². The van der Waals surface area contributed by atoms with Gasteiger partial charge in [0.2, 0.25) is 0 Å². The molecule has 0 aromatic heterocycles. The first kappa shape index (κ1) is 15.7. The highest BCUT2D eigenvalue weighted by Crippen LogP contribution is 2.29. The Kier molecular flexibility index (Phi) is 5.58. The molecule has 1 N–H and O–H groups in total. The Morgan fingerprint density at radius 3 is 2.53 bits per heavy atom. The molecule has 4 nitrogen and oxygen atoms in total. The Balaban J connectivity index is 2.80. The van der Waals surface area contributed by atoms with Crippen LogP contribution in [0, 0.1) is 11.8 Å². The molecule has 19 heavy (non-hydrogen) atoms. The van der Waals surface area contributed by atoms with E-state index in [1.165, 1.54) is 0 Å². The quantitative estimate of drug-likeness (QED) is 0.593. The summed E-state index contributed by atoms with van der Waals surface area (Å²) in [6.07, 6.45) is 1.76. The Morgan fingerprint density at radius 2 is 2.05 bits per heavy atom. The molecule has 1 heterocycles. The lowest BCUT2D eigenvalue weighted by Gasteiger charge is -2.29. The van der Waals surface area contributed by atoms with Crippen LogP contribution >= 0.6 is 0 Å². The lowest BCUT2D eigenvalue weighted by Crippen LogP contribution is -2.34. The van der Waals surface area contributed by atoms with Crippen molar-refractivity contribution in [1.29, 1.82) is 0 Å². The maximum atomic E-state index is 11.9. The first-order valence-corrected chi connectivity index (χ1v) is 7.03. The minimum absolute atomic E-state index is 0.102. The van der Waals surface area contributed by atoms with Gasteiger partial charge in [-0.15, -0.1) is 0 Å². The van der Waals surface area contributed by atoms with Gasteiger partial charge >= 0.3 is 5.97 Å². The van der Waals surface area contributed by atoms with Crippen molar-refractivity contribution in [2.45, 2.75) is 59.5 Å². The van der Waals surface area contributed by atoms with Crippen LogP contribution in [-0.4, -0.2) is 23.0 Å². The average Bonchev–Trinajstić information content (AvgIpc) is 2.27. The number of carbonyl (C=O) groups excluding carboxylic acids is 2. The van der Waals surface area contributed by atoms with Gasteiger partial charge in [0.25, 0.3) is 0 Å². The van der Waals surface area contributed by atoms with Crippen LogP contribution in [0.15, 0.2) is 11.3 Å². The van der Waals surface area contributed by atoms with E-state index in [4.69, 9.17) is 4.74 Å². The third-order valence-electron chi connectivity index (χ3n) is 3.38. The molecule has 0 saturated carbocycles. The number of hydrogen-bond donors (Lipinski definition) is 1. The van der Waals surface area contributed by atoms with Gasteiger partial charge in [-0.05, 0) is 24.7 Å². The molecule has 0 radical (unpaired) electrons. The summed E-state index contributed by atoms with van der Waals surface area (Å²) in [4.78, 5) is 23.6. The molecule has 2 atom stereocenters. The fourth-order valence-corrected chi connectivity index (χ4v) is 2.49. The summed E-state index contributed by atoms with van der Waals surface area (Å²) < 4.78 is 5.32. The van der Waals surface area contributed by atoms with E-state index in [9.17, 15) is 14.7 Å². The average molecular weight is 268 g/mol. The lowest BCUT2D eigenvalue weighted by molar-refractivity contribution is -0.151. The summed E-state index contributed by atoms with van der Waals surface area (Å²) in [6, 6.07) is 0. The smallest absolute Gasteiger partial charge is 0.345 e. The van der Waals surface area contributed by atoms with E-state index < -0.39 is 5.97 Å². The van der Waals surface area contributed by atoms with Gasteiger partial charge in [0.05, 0.1) is 0 Å². The van der Waals surface area contributed by atoms with Crippen molar-refractivity contribution in [3.8, 4) is 0 Å². The van der Waals surface area contributed by atoms with Crippen LogP contribution in [0.2, 0.25) is 0 Å². The van der Waals surface area contributed by atoms with Crippen molar-refractivity contribution in [2.24, 2.45) is 11.8 Å². The van der Waals surface area contributed by atoms with Crippen molar-refractivity contribution in [3.63, 3.8) is 0 Å². The number of ether oxygens (including phenoxy) is 1. The predicted molar refractivity (Wildman–Crippen MR) is 72.7 cm³/mol. The van der Waals surface area contributed by atoms with Crippen LogP contribution in [0.4, 0.5) is 0 Å². The number of carbonyl (C=O) groups is 2. The summed E-state index contributed by atoms with van der Waals surface area (Å²) in [7, 11) is 0. The molecule has 0 bridgehead atoms. The van der Waals surface area contributed by atoms with Crippen LogP contribution in [0.5, 0.6) is 0 Å². The summed E-state index contributed by atoms with van der Waals surface area (Å²) >= 11 is 0. The number of aliphatic hydroxyl groups excluding tert-OH is 1. The highest BCUT2D eigenvalue weighted by atomic mass is 16.5. The van der Waals surface area contributed by atoms with Gasteiger partial charge in [0.15, 0.2) is 5.78 Å². The zero-order chi connectivity index (χ0) is 14.6. The molecule has 1 aliphatic rings. The minimum Gasteiger partial charge on any atom is -0.511 e. The second-order valence-electron chi connectivity index (χ2n) is 5.75. The number of rotatable bonds is 6. The second-order valence-corrected chi connectivity index (χ2v) is 5.75. The van der Waals surface area contributed by atoms with E-state index in [0.717, 1.165) is 6.42 Å². The second kappa shape index (κ2) is 6.73. The zero-order valence-corrected chi connectivity index (χ0v) is 12.2. The Bertz CT molecular complexity index is 382. The molecule has 0 aromatic rings. The van der Waals surface area contributed by atoms with Gasteiger partial charge < -0.3 is 9.84 Å². The van der Waals surface area contributed by atoms with Gasteiger partial charge in [0, 0.05) is 12.8 Å². The third-order valence-corrected chi connectivity index (χ3v) is 3.38. The molecule has 0 fully saturated rings. The Hall–Kier alpha value is -1.32. The number of hydrogen-bond acceptors (Lipinski definition) is 4. The summed E-state index contributed by atoms with van der Waals surface area (Å²) in [5.74, 6) is -0.407. The monoisotopic (exact) mass is 268 g/mol. The topological polar surface area (TPSA) is 63.6 Å². The standard InChI is InChI=1S/C15H24O4/c1-5-6-11(16)14-12(17)8-13(19-15(14)18)10(4)7-9(2)3/h9-10,13,17H,5-8H2,1-4H3. The van der Waals surface area contributed by atoms with Gasteiger partial charge in [-0.25, -0.2) is 4.79 Å². The molecular formula is C15H24O4. The van der Waals surface area contributed by atoms with Crippen LogP contribution < -0.4 is 0 Å². The Morgan fingerprint density at radius 1 is 1.42 bits per heavy atom. The van der Waals surface area contributed by atoms with E-state index in [1.54, 1.807) is 0 Å². The minimum atomic E-state index is -0.664. The molecule has 2 unspecified atom stereocenters. The largest absolute Gasteiger partial charge is 0.511 e. The zero-order valence-electron chi connectivity index (χ0n) is 12.2. The lowest BCUT2D eigenvalue weighted by atomic mass is 9.89. The number of cyclic esters (lactones) is 1. The van der Waals surface area contributed by atoms with Gasteiger partial charge in [-0.3, -0.25) is 4.79 Å². The van der Waals surface area contributed by atoms with Crippen LogP contribution in [0.25, 0.3) is 0 Å². The highest BCUT2D eigenvalue weighted by Gasteiger charge is 2.35. The first-order valence-electron chi connectivity index (χ1n) is 7.03. The molecule has 0 spiro atoms. The van der Waals surface area contributed by atoms with Crippen molar-refractivity contribution in [3.05, 3.63) is 11.3 Å². The van der Waals surface area contributed by atoms with E-state index in [0.29, 0.717) is 12.3 Å². The van der Waals surface area contributed by atoms with Crippen molar-refractivity contribution < 1.29 is 19.4 Å². The van der Waals surface area contributed by atoms with Crippen LogP contribution in [0.3, 0.4) is 0 Å². The normalized spacial score (nSPS) is 21.5. The number of esters is 1. The van der Waals surface area contributed by atoms with E-state index in [2.05, 4.69) is 13.8 Å². The maximum absolute atomic E-state index is 11.9. The molecule has 0 aromatic carbocycles. The molecule has 0 saturated heterocycles. The van der Waals surface area contributed by atoms with Gasteiger partial charge in [-0.1, -0.05) is 27.7 Å². The summed E-state index contributed by atoms with van der Waals surface area (Å²) in [5, 5.41) is 9.95. The maximum Gasteiger partial charge on any atom is 0.345 e. The fraction of sp³-hybridized carbons (Fsp3) is 0.733. The van der Waals surface area contributed by atoms with E-state index in [-0.39, 0.29) is 42.0 Å². The molecule has 4 heteroatoms. The molecule has 0 aliphatic carbocycles. The Labute approximate surface area is 114 Å². The summed E-state index contributed by atoms with van der Waals surface area (Å²) in [5.41, 5.74) is -0.144. The fourth-order valence-electron chi connectivity index (χ4n) is 2.49. The predicted octanol–water partition coefficient (Wildman–Crippen LogP) is 3.17. The number of Topliss-reactive ketones (excluding diaryl/α,β-unsaturated/α-hetero) is 1. The van der Waals surface area contributed by atoms with Gasteiger partial charge in [-0.2, -0.15) is 0 Å². The number of ketones is 1. The molecule has 0 amide bonds. The third kappa shape index (κ3) is 4.08. The van der Waals surface area contributed by atoms with Crippen LogP contribution in [-0.2, 0) is 14.3 Å². The van der Waals surface area contributed by atoms with Gasteiger partial charge in [0.1, 0.15) is 17.4 Å². The van der Waals surface area contributed by atoms with E-state index >= 15 is 0 Å². The molecule has 108 valence electrons. The molecular weight excluding hydrogens is 244 g/mol. The SMILES string of the molecule is CCCC(=O)C1=C(O)CC(C(C)CC(C)C)OC1=O. The van der Waals surface area contributed by atoms with Crippen LogP contribution in [0.1, 0.15) is 53.4 Å². The number of aliphatic hydroxyl groups is 1. The van der Waals surface area contributed by atoms with Crippen molar-refractivity contribution >= 4 is 11.8 Å². The summed E-state index contributed by atoms with van der Waals surface area (Å²) in [6.45, 7) is 8.07. The highest BCUT2D eigenvalue weighted by molar-refractivity contribution is 6.18. The first-order chi connectivity index (χ1) is 8.86. The van der Waals surface area contributed by atoms with Crippen molar-refractivity contribution in [1.82, 2.24) is 0 Å². The molecule has 1 aliphatic heterocycles. The molecule has 1 rings (SSSR count).